The number of nitrogens with one attached hydrogen (secondary N) is 1. The maximum absolute atomic E-state index is 12.4. The number of anilines is 1. The van der Waals surface area contributed by atoms with E-state index in [1.54, 1.807) is 44.2 Å². The molecule has 0 bridgehead atoms. The monoisotopic (exact) mass is 421 g/mol. The fraction of sp³-hybridized carbons (Fsp3) is 0.421. The summed E-state index contributed by atoms with van der Waals surface area (Å²) in [5, 5.41) is 7.34. The number of carbonyl (C=O) groups excluding carboxylic acids is 1. The van der Waals surface area contributed by atoms with Gasteiger partial charge in [0.1, 0.15) is 5.02 Å². The van der Waals surface area contributed by atoms with E-state index in [-0.39, 0.29) is 22.5 Å². The van der Waals surface area contributed by atoms with Crippen molar-refractivity contribution in [3.8, 4) is 0 Å². The summed E-state index contributed by atoms with van der Waals surface area (Å²) in [7, 11) is 5.20. The first-order valence-electron chi connectivity index (χ1n) is 9.10. The molecule has 0 unspecified atom stereocenters. The molecule has 0 saturated carbocycles. The molecule has 1 aliphatic rings. The second-order valence-corrected chi connectivity index (χ2v) is 8.40. The number of amides is 1. The van der Waals surface area contributed by atoms with Crippen molar-refractivity contribution in [3.05, 3.63) is 51.4 Å². The molecule has 0 spiro atoms. The van der Waals surface area contributed by atoms with Crippen LogP contribution in [0.2, 0.25) is 5.02 Å². The molecule has 1 amide bonds. The Hall–Kier alpha value is -2.03. The van der Waals surface area contributed by atoms with Crippen LogP contribution in [0.4, 0.5) is 5.69 Å². The van der Waals surface area contributed by atoms with Gasteiger partial charge in [0.2, 0.25) is 0 Å². The van der Waals surface area contributed by atoms with Crippen LogP contribution in [-0.2, 0) is 0 Å². The largest absolute Gasteiger partial charge is 0.385 e. The van der Waals surface area contributed by atoms with Crippen LogP contribution >= 0.6 is 23.5 Å². The standard InChI is InChI=1S/C19H24ClN5O2S/c1-21-16-12-22-25(19(27)17(16)20)14-8-10-24(11-9-14)28-15-6-4-13(5-7-15)18(26)23(2)3/h4-7,12,14,21H,8-11H2,1-3H3. The highest BCUT2D eigenvalue weighted by molar-refractivity contribution is 7.97. The van der Waals surface area contributed by atoms with E-state index in [1.807, 2.05) is 24.3 Å². The molecule has 1 aromatic heterocycles. The van der Waals surface area contributed by atoms with Crippen molar-refractivity contribution in [2.24, 2.45) is 0 Å². The van der Waals surface area contributed by atoms with Crippen LogP contribution in [0.1, 0.15) is 29.2 Å². The van der Waals surface area contributed by atoms with E-state index in [0.29, 0.717) is 11.3 Å². The molecule has 2 aromatic rings. The molecule has 2 heterocycles. The average Bonchev–Trinajstić information content (AvgIpc) is 2.71. The zero-order valence-corrected chi connectivity index (χ0v) is 17.8. The zero-order chi connectivity index (χ0) is 20.3. The highest BCUT2D eigenvalue weighted by Crippen LogP contribution is 2.30. The number of hydrogen-bond acceptors (Lipinski definition) is 6. The lowest BCUT2D eigenvalue weighted by Crippen LogP contribution is -2.36. The summed E-state index contributed by atoms with van der Waals surface area (Å²) in [6.07, 6.45) is 3.25. The predicted octanol–water partition coefficient (Wildman–Crippen LogP) is 2.98. The fourth-order valence-corrected chi connectivity index (χ4v) is 4.30. The Kier molecular flexibility index (Phi) is 6.64. The first-order valence-corrected chi connectivity index (χ1v) is 10.3. The van der Waals surface area contributed by atoms with Gasteiger partial charge in [0.05, 0.1) is 17.9 Å². The number of benzene rings is 1. The zero-order valence-electron chi connectivity index (χ0n) is 16.2. The van der Waals surface area contributed by atoms with Gasteiger partial charge in [-0.25, -0.2) is 8.99 Å². The Morgan fingerprint density at radius 1 is 1.25 bits per heavy atom. The summed E-state index contributed by atoms with van der Waals surface area (Å²) < 4.78 is 3.78. The Labute approximate surface area is 173 Å². The molecular weight excluding hydrogens is 398 g/mol. The van der Waals surface area contributed by atoms with Crippen LogP contribution < -0.4 is 10.9 Å². The molecule has 0 atom stereocenters. The van der Waals surface area contributed by atoms with Crippen LogP contribution in [-0.4, -0.2) is 59.1 Å². The second kappa shape index (κ2) is 8.98. The molecule has 1 aromatic carbocycles. The van der Waals surface area contributed by atoms with Gasteiger partial charge in [-0.15, -0.1) is 0 Å². The molecule has 0 radical (unpaired) electrons. The van der Waals surface area contributed by atoms with Gasteiger partial charge in [-0.3, -0.25) is 9.59 Å². The minimum absolute atomic E-state index is 0.00161. The fourth-order valence-electron chi connectivity index (χ4n) is 3.12. The van der Waals surface area contributed by atoms with E-state index in [4.69, 9.17) is 11.6 Å². The first-order chi connectivity index (χ1) is 13.4. The van der Waals surface area contributed by atoms with E-state index in [2.05, 4.69) is 14.7 Å². The Balaban J connectivity index is 1.60. The predicted molar refractivity (Wildman–Crippen MR) is 113 cm³/mol. The molecule has 1 fully saturated rings. The number of aromatic nitrogens is 2. The molecule has 9 heteroatoms. The lowest BCUT2D eigenvalue weighted by atomic mass is 10.1. The summed E-state index contributed by atoms with van der Waals surface area (Å²) in [6, 6.07) is 7.69. The number of carbonyl (C=O) groups is 1. The van der Waals surface area contributed by atoms with Crippen molar-refractivity contribution in [1.82, 2.24) is 19.0 Å². The van der Waals surface area contributed by atoms with E-state index in [0.717, 1.165) is 30.8 Å². The summed E-state index contributed by atoms with van der Waals surface area (Å²) in [5.74, 6) is -0.00161. The minimum Gasteiger partial charge on any atom is -0.385 e. The molecule has 3 rings (SSSR count). The SMILES string of the molecule is CNc1cnn(C2CCN(Sc3ccc(C(=O)N(C)C)cc3)CC2)c(=O)c1Cl. The summed E-state index contributed by atoms with van der Waals surface area (Å²) in [5.41, 5.74) is 0.980. The van der Waals surface area contributed by atoms with E-state index >= 15 is 0 Å². The number of piperidine rings is 1. The highest BCUT2D eigenvalue weighted by Gasteiger charge is 2.24. The van der Waals surface area contributed by atoms with Crippen LogP contribution in [0.15, 0.2) is 40.2 Å². The van der Waals surface area contributed by atoms with Crippen molar-refractivity contribution >= 4 is 35.1 Å². The lowest BCUT2D eigenvalue weighted by Gasteiger charge is -2.31. The second-order valence-electron chi connectivity index (χ2n) is 6.85. The molecule has 0 aliphatic carbocycles. The van der Waals surface area contributed by atoms with Crippen molar-refractivity contribution in [3.63, 3.8) is 0 Å². The molecular formula is C19H24ClN5O2S. The lowest BCUT2D eigenvalue weighted by molar-refractivity contribution is 0.0827. The molecule has 7 nitrogen and oxygen atoms in total. The Bertz CT molecular complexity index is 892. The first kappa shape index (κ1) is 20.7. The van der Waals surface area contributed by atoms with E-state index in [9.17, 15) is 9.59 Å². The maximum Gasteiger partial charge on any atom is 0.287 e. The molecule has 1 N–H and O–H groups in total. The number of hydrogen-bond donors (Lipinski definition) is 1. The third-order valence-electron chi connectivity index (χ3n) is 4.72. The van der Waals surface area contributed by atoms with Crippen molar-refractivity contribution < 1.29 is 4.79 Å². The van der Waals surface area contributed by atoms with Gasteiger partial charge in [0, 0.05) is 44.7 Å². The third-order valence-corrected chi connectivity index (χ3v) is 6.20. The van der Waals surface area contributed by atoms with E-state index in [1.165, 1.54) is 4.68 Å². The molecule has 150 valence electrons. The average molecular weight is 422 g/mol. The summed E-state index contributed by atoms with van der Waals surface area (Å²) in [4.78, 5) is 27.1. The smallest absolute Gasteiger partial charge is 0.287 e. The van der Waals surface area contributed by atoms with Crippen LogP contribution in [0.5, 0.6) is 0 Å². The van der Waals surface area contributed by atoms with Gasteiger partial charge in [-0.1, -0.05) is 11.6 Å². The van der Waals surface area contributed by atoms with Crippen molar-refractivity contribution in [2.75, 3.05) is 39.5 Å². The normalized spacial score (nSPS) is 15.4. The van der Waals surface area contributed by atoms with Gasteiger partial charge in [0.25, 0.3) is 11.5 Å². The van der Waals surface area contributed by atoms with Gasteiger partial charge in [0.15, 0.2) is 0 Å². The van der Waals surface area contributed by atoms with Crippen molar-refractivity contribution in [2.45, 2.75) is 23.8 Å². The maximum atomic E-state index is 12.4. The molecule has 28 heavy (non-hydrogen) atoms. The van der Waals surface area contributed by atoms with Gasteiger partial charge < -0.3 is 10.2 Å². The Morgan fingerprint density at radius 2 is 1.89 bits per heavy atom. The summed E-state index contributed by atoms with van der Waals surface area (Å²) in [6.45, 7) is 1.68. The van der Waals surface area contributed by atoms with Crippen molar-refractivity contribution in [1.29, 1.82) is 0 Å². The van der Waals surface area contributed by atoms with Gasteiger partial charge in [-0.05, 0) is 49.1 Å². The topological polar surface area (TPSA) is 70.5 Å². The Morgan fingerprint density at radius 3 is 2.46 bits per heavy atom. The molecule has 1 saturated heterocycles. The number of rotatable bonds is 5. The van der Waals surface area contributed by atoms with Crippen LogP contribution in [0.3, 0.4) is 0 Å². The highest BCUT2D eigenvalue weighted by atomic mass is 35.5. The van der Waals surface area contributed by atoms with E-state index < -0.39 is 0 Å². The van der Waals surface area contributed by atoms with Crippen LogP contribution in [0, 0.1) is 0 Å². The minimum atomic E-state index is -0.249. The quantitative estimate of drug-likeness (QED) is 0.748. The summed E-state index contributed by atoms with van der Waals surface area (Å²) >= 11 is 7.80. The third kappa shape index (κ3) is 4.51. The number of nitrogens with zero attached hydrogens (tertiary/aromatic N) is 4. The number of halogens is 1. The molecule has 1 aliphatic heterocycles. The van der Waals surface area contributed by atoms with Gasteiger partial charge >= 0.3 is 0 Å². The van der Waals surface area contributed by atoms with Gasteiger partial charge in [-0.2, -0.15) is 5.10 Å². The van der Waals surface area contributed by atoms with Crippen LogP contribution in [0.25, 0.3) is 0 Å².